The molecule has 2 aromatic heterocycles. The van der Waals surface area contributed by atoms with Gasteiger partial charge in [-0.1, -0.05) is 30.0 Å². The lowest BCUT2D eigenvalue weighted by atomic mass is 10.2. The number of hydrogen-bond acceptors (Lipinski definition) is 7. The van der Waals surface area contributed by atoms with E-state index in [-0.39, 0.29) is 5.91 Å². The van der Waals surface area contributed by atoms with Crippen molar-refractivity contribution in [2.24, 2.45) is 0 Å². The summed E-state index contributed by atoms with van der Waals surface area (Å²) < 4.78 is 17.1. The van der Waals surface area contributed by atoms with Gasteiger partial charge >= 0.3 is 0 Å². The number of ether oxygens (including phenoxy) is 1. The van der Waals surface area contributed by atoms with E-state index < -0.39 is 0 Å². The van der Waals surface area contributed by atoms with Crippen LogP contribution in [-0.4, -0.2) is 49.1 Å². The first-order valence-electron chi connectivity index (χ1n) is 10.9. The topological polar surface area (TPSA) is 72.0 Å². The van der Waals surface area contributed by atoms with Crippen LogP contribution in [0, 0.1) is 6.92 Å². The zero-order valence-electron chi connectivity index (χ0n) is 18.6. The summed E-state index contributed by atoms with van der Waals surface area (Å²) in [6, 6.07) is 17.5. The Bertz CT molecular complexity index is 1270. The lowest BCUT2D eigenvalue weighted by Crippen LogP contribution is -2.48. The second-order valence-corrected chi connectivity index (χ2v) is 8.88. The molecule has 0 spiro atoms. The van der Waals surface area contributed by atoms with Crippen LogP contribution in [0.15, 0.2) is 68.7 Å². The monoisotopic (exact) mass is 463 g/mol. The van der Waals surface area contributed by atoms with E-state index in [1.54, 1.807) is 13.2 Å². The number of methoxy groups -OCH3 is 1. The van der Waals surface area contributed by atoms with Crippen molar-refractivity contribution in [1.82, 2.24) is 9.88 Å². The van der Waals surface area contributed by atoms with Gasteiger partial charge in [0.05, 0.1) is 18.6 Å². The third-order valence-corrected chi connectivity index (χ3v) is 6.58. The average Bonchev–Trinajstić information content (AvgIpc) is 3.49. The quantitative estimate of drug-likeness (QED) is 0.373. The molecule has 7 nitrogen and oxygen atoms in total. The number of hydrogen-bond donors (Lipinski definition) is 0. The Balaban J connectivity index is 1.18. The van der Waals surface area contributed by atoms with Gasteiger partial charge in [0, 0.05) is 26.2 Å². The maximum Gasteiger partial charge on any atom is 0.289 e. The zero-order chi connectivity index (χ0) is 22.8. The molecule has 1 saturated heterocycles. The van der Waals surface area contributed by atoms with Crippen molar-refractivity contribution < 1.29 is 18.4 Å². The Kier molecular flexibility index (Phi) is 6.00. The minimum Gasteiger partial charge on any atom is -0.495 e. The number of carbonyl (C=O) groups excluding carboxylic acids is 1. The van der Waals surface area contributed by atoms with Gasteiger partial charge in [0.25, 0.3) is 11.1 Å². The molecule has 1 amide bonds. The number of fused-ring (bicyclic) bond motifs is 1. The Morgan fingerprint density at radius 3 is 2.70 bits per heavy atom. The molecular weight excluding hydrogens is 438 g/mol. The predicted molar refractivity (Wildman–Crippen MR) is 128 cm³/mol. The number of aryl methyl sites for hydroxylation is 1. The van der Waals surface area contributed by atoms with Crippen LogP contribution in [0.5, 0.6) is 5.75 Å². The standard InChI is InChI=1S/C25H25N3O4S/c1-17-7-9-19-23(15-17)32-25(26-19)33-16-18-8-10-22(31-18)24(29)28-13-11-27(12-14-28)20-5-3-4-6-21(20)30-2/h3-10,15H,11-14,16H2,1-2H3. The fraction of sp³-hybridized carbons (Fsp3) is 0.280. The van der Waals surface area contributed by atoms with Crippen molar-refractivity contribution in [2.45, 2.75) is 17.9 Å². The van der Waals surface area contributed by atoms with Crippen molar-refractivity contribution in [3.8, 4) is 5.75 Å². The highest BCUT2D eigenvalue weighted by Gasteiger charge is 2.25. The third kappa shape index (κ3) is 4.57. The maximum absolute atomic E-state index is 13.0. The van der Waals surface area contributed by atoms with E-state index in [9.17, 15) is 4.79 Å². The summed E-state index contributed by atoms with van der Waals surface area (Å²) in [7, 11) is 1.68. The molecule has 1 fully saturated rings. The number of piperazine rings is 1. The number of oxazole rings is 1. The summed E-state index contributed by atoms with van der Waals surface area (Å²) in [5, 5.41) is 0.590. The summed E-state index contributed by atoms with van der Waals surface area (Å²) in [5.74, 6) is 2.39. The summed E-state index contributed by atoms with van der Waals surface area (Å²) in [4.78, 5) is 21.5. The summed E-state index contributed by atoms with van der Waals surface area (Å²) in [5.41, 5.74) is 3.80. The van der Waals surface area contributed by atoms with Crippen molar-refractivity contribution in [3.05, 3.63) is 71.7 Å². The molecule has 0 atom stereocenters. The average molecular weight is 464 g/mol. The van der Waals surface area contributed by atoms with Crippen molar-refractivity contribution in [2.75, 3.05) is 38.2 Å². The van der Waals surface area contributed by atoms with E-state index in [2.05, 4.69) is 9.88 Å². The molecule has 33 heavy (non-hydrogen) atoms. The van der Waals surface area contributed by atoms with Crippen LogP contribution >= 0.6 is 11.8 Å². The Morgan fingerprint density at radius 2 is 1.88 bits per heavy atom. The molecule has 170 valence electrons. The summed E-state index contributed by atoms with van der Waals surface area (Å²) >= 11 is 1.45. The molecule has 5 rings (SSSR count). The molecule has 8 heteroatoms. The number of anilines is 1. The van der Waals surface area contributed by atoms with Gasteiger partial charge in [-0.15, -0.1) is 0 Å². The van der Waals surface area contributed by atoms with Crippen molar-refractivity contribution >= 4 is 34.5 Å². The van der Waals surface area contributed by atoms with E-state index in [4.69, 9.17) is 13.6 Å². The summed E-state index contributed by atoms with van der Waals surface area (Å²) in [6.45, 7) is 4.77. The summed E-state index contributed by atoms with van der Waals surface area (Å²) in [6.07, 6.45) is 0. The van der Waals surface area contributed by atoms with Gasteiger partial charge in [0.1, 0.15) is 17.0 Å². The molecule has 4 aromatic rings. The number of aromatic nitrogens is 1. The maximum atomic E-state index is 13.0. The highest BCUT2D eigenvalue weighted by molar-refractivity contribution is 7.98. The molecule has 0 radical (unpaired) electrons. The fourth-order valence-corrected chi connectivity index (χ4v) is 4.71. The first kappa shape index (κ1) is 21.5. The first-order chi connectivity index (χ1) is 16.1. The molecular formula is C25H25N3O4S. The largest absolute Gasteiger partial charge is 0.495 e. The van der Waals surface area contributed by atoms with Gasteiger partial charge < -0.3 is 23.4 Å². The van der Waals surface area contributed by atoms with Gasteiger partial charge in [-0.2, -0.15) is 0 Å². The first-order valence-corrected chi connectivity index (χ1v) is 11.9. The van der Waals surface area contributed by atoms with Crippen LogP contribution in [-0.2, 0) is 5.75 Å². The van der Waals surface area contributed by atoms with E-state index in [0.717, 1.165) is 46.9 Å². The van der Waals surface area contributed by atoms with Crippen molar-refractivity contribution in [3.63, 3.8) is 0 Å². The van der Waals surface area contributed by atoms with Gasteiger partial charge in [0.2, 0.25) is 0 Å². The number of benzene rings is 2. The highest BCUT2D eigenvalue weighted by atomic mass is 32.2. The molecule has 0 saturated carbocycles. The minimum absolute atomic E-state index is 0.0803. The second kappa shape index (κ2) is 9.23. The lowest BCUT2D eigenvalue weighted by Gasteiger charge is -2.36. The number of nitrogens with zero attached hydrogens (tertiary/aromatic N) is 3. The number of carbonyl (C=O) groups is 1. The van der Waals surface area contributed by atoms with Crippen LogP contribution in [0.2, 0.25) is 0 Å². The Hall–Kier alpha value is -3.39. The normalized spacial score (nSPS) is 14.1. The van der Waals surface area contributed by atoms with Gasteiger partial charge in [0.15, 0.2) is 11.3 Å². The van der Waals surface area contributed by atoms with E-state index >= 15 is 0 Å². The molecule has 3 heterocycles. The van der Waals surface area contributed by atoms with Gasteiger partial charge in [-0.25, -0.2) is 4.98 Å². The van der Waals surface area contributed by atoms with Crippen LogP contribution in [0.3, 0.4) is 0 Å². The number of rotatable bonds is 6. The SMILES string of the molecule is COc1ccccc1N1CCN(C(=O)c2ccc(CSc3nc4ccc(C)cc4o3)o2)CC1. The zero-order valence-corrected chi connectivity index (χ0v) is 19.4. The number of amides is 1. The van der Waals surface area contributed by atoms with Gasteiger partial charge in [-0.3, -0.25) is 4.79 Å². The Labute approximate surface area is 196 Å². The van der Waals surface area contributed by atoms with E-state index in [1.165, 1.54) is 11.8 Å². The van der Waals surface area contributed by atoms with Gasteiger partial charge in [-0.05, 0) is 48.9 Å². The highest BCUT2D eigenvalue weighted by Crippen LogP contribution is 2.29. The molecule has 0 bridgehead atoms. The smallest absolute Gasteiger partial charge is 0.289 e. The molecule has 0 unspecified atom stereocenters. The number of para-hydroxylation sites is 2. The van der Waals surface area contributed by atoms with Crippen molar-refractivity contribution in [1.29, 1.82) is 0 Å². The fourth-order valence-electron chi connectivity index (χ4n) is 3.97. The third-order valence-electron chi connectivity index (χ3n) is 5.73. The molecule has 0 aliphatic carbocycles. The minimum atomic E-state index is -0.0803. The number of furan rings is 1. The predicted octanol–water partition coefficient (Wildman–Crippen LogP) is 4.99. The van der Waals surface area contributed by atoms with Crippen LogP contribution in [0.25, 0.3) is 11.1 Å². The molecule has 2 aromatic carbocycles. The molecule has 1 aliphatic heterocycles. The number of thioether (sulfide) groups is 1. The Morgan fingerprint density at radius 1 is 1.06 bits per heavy atom. The molecule has 0 N–H and O–H groups in total. The van der Waals surface area contributed by atoms with Crippen LogP contribution in [0.1, 0.15) is 21.9 Å². The van der Waals surface area contributed by atoms with Crippen LogP contribution < -0.4 is 9.64 Å². The van der Waals surface area contributed by atoms with E-state index in [1.807, 2.05) is 60.4 Å². The second-order valence-electron chi connectivity index (χ2n) is 7.96. The molecule has 1 aliphatic rings. The van der Waals surface area contributed by atoms with Crippen LogP contribution in [0.4, 0.5) is 5.69 Å². The lowest BCUT2D eigenvalue weighted by molar-refractivity contribution is 0.0713. The van der Waals surface area contributed by atoms with E-state index in [0.29, 0.717) is 29.8 Å².